The van der Waals surface area contributed by atoms with Gasteiger partial charge in [0, 0.05) is 25.0 Å². The van der Waals surface area contributed by atoms with Gasteiger partial charge in [0.05, 0.1) is 16.9 Å². The summed E-state index contributed by atoms with van der Waals surface area (Å²) in [7, 11) is 0. The van der Waals surface area contributed by atoms with Gasteiger partial charge < -0.3 is 10.6 Å². The lowest BCUT2D eigenvalue weighted by atomic mass is 10.2. The first-order valence-electron chi connectivity index (χ1n) is 7.61. The number of pyridine rings is 1. The number of halogens is 2. The molecule has 3 rings (SSSR count). The lowest BCUT2D eigenvalue weighted by Crippen LogP contribution is -2.14. The first-order valence-corrected chi connectivity index (χ1v) is 7.61. The second kappa shape index (κ2) is 7.53. The van der Waals surface area contributed by atoms with Crippen LogP contribution in [0.3, 0.4) is 0 Å². The SMILES string of the molecule is O=C(Nc1ccc(F)cc1F)c1cncc(NCc2ccccc2)c1. The molecule has 0 radical (unpaired) electrons. The summed E-state index contributed by atoms with van der Waals surface area (Å²) in [6.07, 6.45) is 2.97. The molecule has 0 aliphatic carbocycles. The van der Waals surface area contributed by atoms with Gasteiger partial charge >= 0.3 is 0 Å². The molecule has 1 amide bonds. The van der Waals surface area contributed by atoms with Crippen LogP contribution in [-0.4, -0.2) is 10.9 Å². The van der Waals surface area contributed by atoms with E-state index in [4.69, 9.17) is 0 Å². The molecule has 0 saturated carbocycles. The number of anilines is 2. The van der Waals surface area contributed by atoms with E-state index in [1.54, 1.807) is 12.3 Å². The first kappa shape index (κ1) is 16.6. The highest BCUT2D eigenvalue weighted by atomic mass is 19.1. The van der Waals surface area contributed by atoms with Crippen molar-refractivity contribution in [1.29, 1.82) is 0 Å². The molecule has 0 aliphatic heterocycles. The average molecular weight is 339 g/mol. The number of rotatable bonds is 5. The van der Waals surface area contributed by atoms with Gasteiger partial charge in [0.1, 0.15) is 11.6 Å². The van der Waals surface area contributed by atoms with Gasteiger partial charge in [-0.15, -0.1) is 0 Å². The second-order valence-electron chi connectivity index (χ2n) is 5.38. The molecular formula is C19H15F2N3O. The molecule has 0 atom stereocenters. The van der Waals surface area contributed by atoms with E-state index in [2.05, 4.69) is 15.6 Å². The zero-order valence-corrected chi connectivity index (χ0v) is 13.2. The van der Waals surface area contributed by atoms with Crippen LogP contribution < -0.4 is 10.6 Å². The zero-order valence-electron chi connectivity index (χ0n) is 13.2. The highest BCUT2D eigenvalue weighted by molar-refractivity contribution is 6.04. The molecule has 25 heavy (non-hydrogen) atoms. The molecule has 6 heteroatoms. The van der Waals surface area contributed by atoms with Crippen molar-refractivity contribution >= 4 is 17.3 Å². The Morgan fingerprint density at radius 2 is 1.80 bits per heavy atom. The molecule has 2 N–H and O–H groups in total. The molecule has 1 heterocycles. The van der Waals surface area contributed by atoms with Crippen molar-refractivity contribution in [1.82, 2.24) is 4.98 Å². The fourth-order valence-electron chi connectivity index (χ4n) is 2.25. The van der Waals surface area contributed by atoms with E-state index in [1.807, 2.05) is 30.3 Å². The number of hydrogen-bond acceptors (Lipinski definition) is 3. The summed E-state index contributed by atoms with van der Waals surface area (Å²) < 4.78 is 26.5. The number of aromatic nitrogens is 1. The molecule has 0 bridgehead atoms. The summed E-state index contributed by atoms with van der Waals surface area (Å²) in [6.45, 7) is 0.584. The predicted octanol–water partition coefficient (Wildman–Crippen LogP) is 4.22. The minimum Gasteiger partial charge on any atom is -0.380 e. The number of nitrogens with one attached hydrogen (secondary N) is 2. The van der Waals surface area contributed by atoms with E-state index in [0.29, 0.717) is 18.3 Å². The van der Waals surface area contributed by atoms with Gasteiger partial charge in [0.15, 0.2) is 0 Å². The van der Waals surface area contributed by atoms with Gasteiger partial charge in [0.2, 0.25) is 0 Å². The minimum absolute atomic E-state index is 0.0888. The summed E-state index contributed by atoms with van der Waals surface area (Å²) in [6, 6.07) is 14.4. The standard InChI is InChI=1S/C19H15F2N3O/c20-15-6-7-18(17(21)9-15)24-19(25)14-8-16(12-22-11-14)23-10-13-4-2-1-3-5-13/h1-9,11-12,23H,10H2,(H,24,25). The number of nitrogens with zero attached hydrogens (tertiary/aromatic N) is 1. The largest absolute Gasteiger partial charge is 0.380 e. The maximum absolute atomic E-state index is 13.6. The third kappa shape index (κ3) is 4.38. The van der Waals surface area contributed by atoms with E-state index < -0.39 is 17.5 Å². The molecule has 4 nitrogen and oxygen atoms in total. The Labute approximate surface area is 143 Å². The maximum atomic E-state index is 13.6. The number of hydrogen-bond donors (Lipinski definition) is 2. The summed E-state index contributed by atoms with van der Waals surface area (Å²) in [5.41, 5.74) is 1.93. The second-order valence-corrected chi connectivity index (χ2v) is 5.38. The number of amides is 1. The Hall–Kier alpha value is -3.28. The van der Waals surface area contributed by atoms with Crippen LogP contribution in [0.2, 0.25) is 0 Å². The lowest BCUT2D eigenvalue weighted by Gasteiger charge is -2.09. The Kier molecular flexibility index (Phi) is 4.99. The van der Waals surface area contributed by atoms with Gasteiger partial charge in [0.25, 0.3) is 5.91 Å². The van der Waals surface area contributed by atoms with Gasteiger partial charge in [-0.2, -0.15) is 0 Å². The van der Waals surface area contributed by atoms with E-state index in [9.17, 15) is 13.6 Å². The molecule has 1 aromatic heterocycles. The summed E-state index contributed by atoms with van der Waals surface area (Å²) >= 11 is 0. The van der Waals surface area contributed by atoms with Crippen LogP contribution in [0.5, 0.6) is 0 Å². The number of carbonyl (C=O) groups is 1. The molecule has 0 unspecified atom stereocenters. The van der Waals surface area contributed by atoms with Crippen LogP contribution >= 0.6 is 0 Å². The van der Waals surface area contributed by atoms with Gasteiger partial charge in [-0.3, -0.25) is 9.78 Å². The van der Waals surface area contributed by atoms with Crippen LogP contribution in [-0.2, 0) is 6.54 Å². The van der Waals surface area contributed by atoms with Crippen LogP contribution in [0.4, 0.5) is 20.2 Å². The third-order valence-electron chi connectivity index (χ3n) is 3.52. The quantitative estimate of drug-likeness (QED) is 0.732. The number of carbonyl (C=O) groups excluding carboxylic acids is 1. The molecule has 0 saturated heterocycles. The fourth-order valence-corrected chi connectivity index (χ4v) is 2.25. The Bertz CT molecular complexity index is 885. The van der Waals surface area contributed by atoms with Crippen molar-refractivity contribution in [2.45, 2.75) is 6.54 Å². The highest BCUT2D eigenvalue weighted by Crippen LogP contribution is 2.17. The van der Waals surface area contributed by atoms with Crippen molar-refractivity contribution in [2.75, 3.05) is 10.6 Å². The Morgan fingerprint density at radius 3 is 2.56 bits per heavy atom. The van der Waals surface area contributed by atoms with Crippen LogP contribution in [0.1, 0.15) is 15.9 Å². The van der Waals surface area contributed by atoms with E-state index in [-0.39, 0.29) is 11.3 Å². The van der Waals surface area contributed by atoms with Crippen molar-refractivity contribution in [2.24, 2.45) is 0 Å². The first-order chi connectivity index (χ1) is 12.1. The summed E-state index contributed by atoms with van der Waals surface area (Å²) in [4.78, 5) is 16.3. The zero-order chi connectivity index (χ0) is 17.6. The van der Waals surface area contributed by atoms with Gasteiger partial charge in [-0.25, -0.2) is 8.78 Å². The molecule has 2 aromatic carbocycles. The van der Waals surface area contributed by atoms with Crippen LogP contribution in [0.15, 0.2) is 67.0 Å². The summed E-state index contributed by atoms with van der Waals surface area (Å²) in [5, 5.41) is 5.58. The van der Waals surface area contributed by atoms with Crippen molar-refractivity contribution < 1.29 is 13.6 Å². The van der Waals surface area contributed by atoms with Crippen LogP contribution in [0.25, 0.3) is 0 Å². The average Bonchev–Trinajstić information content (AvgIpc) is 2.63. The monoisotopic (exact) mass is 339 g/mol. The number of benzene rings is 2. The van der Waals surface area contributed by atoms with Gasteiger partial charge in [-0.1, -0.05) is 30.3 Å². The third-order valence-corrected chi connectivity index (χ3v) is 3.52. The van der Waals surface area contributed by atoms with Gasteiger partial charge in [-0.05, 0) is 23.8 Å². The Morgan fingerprint density at radius 1 is 1.00 bits per heavy atom. The molecule has 0 spiro atoms. The highest BCUT2D eigenvalue weighted by Gasteiger charge is 2.11. The van der Waals surface area contributed by atoms with E-state index in [0.717, 1.165) is 11.6 Å². The maximum Gasteiger partial charge on any atom is 0.257 e. The van der Waals surface area contributed by atoms with Crippen molar-refractivity contribution in [3.63, 3.8) is 0 Å². The normalized spacial score (nSPS) is 10.3. The minimum atomic E-state index is -0.834. The molecule has 3 aromatic rings. The molecular weight excluding hydrogens is 324 g/mol. The summed E-state index contributed by atoms with van der Waals surface area (Å²) in [5.74, 6) is -2.06. The lowest BCUT2D eigenvalue weighted by molar-refractivity contribution is 0.102. The fraction of sp³-hybridized carbons (Fsp3) is 0.0526. The smallest absolute Gasteiger partial charge is 0.257 e. The topological polar surface area (TPSA) is 54.0 Å². The van der Waals surface area contributed by atoms with Crippen molar-refractivity contribution in [3.05, 3.63) is 89.8 Å². The predicted molar refractivity (Wildman–Crippen MR) is 92.3 cm³/mol. The van der Waals surface area contributed by atoms with Crippen molar-refractivity contribution in [3.8, 4) is 0 Å². The Balaban J connectivity index is 1.69. The molecule has 126 valence electrons. The van der Waals surface area contributed by atoms with E-state index >= 15 is 0 Å². The molecule has 0 aliphatic rings. The van der Waals surface area contributed by atoms with E-state index in [1.165, 1.54) is 12.3 Å². The molecule has 0 fully saturated rings. The van der Waals surface area contributed by atoms with Crippen LogP contribution in [0, 0.1) is 11.6 Å².